The molecule has 3 N–H and O–H groups in total. The summed E-state index contributed by atoms with van der Waals surface area (Å²) < 4.78 is 0. The van der Waals surface area contributed by atoms with Gasteiger partial charge in [0.15, 0.2) is 0 Å². The van der Waals surface area contributed by atoms with Gasteiger partial charge in [-0.1, -0.05) is 36.8 Å². The molecule has 34 heavy (non-hydrogen) atoms. The molecule has 0 aliphatic heterocycles. The molecule has 5 unspecified atom stereocenters. The van der Waals surface area contributed by atoms with Crippen molar-refractivity contribution in [1.29, 1.82) is 5.26 Å². The van der Waals surface area contributed by atoms with E-state index >= 15 is 0 Å². The molecule has 4 aliphatic carbocycles. The summed E-state index contributed by atoms with van der Waals surface area (Å²) >= 11 is 0. The summed E-state index contributed by atoms with van der Waals surface area (Å²) in [5.74, 6) is 0.321. The van der Waals surface area contributed by atoms with Crippen LogP contribution in [0.2, 0.25) is 0 Å². The summed E-state index contributed by atoms with van der Waals surface area (Å²) in [4.78, 5) is 14.6. The highest BCUT2D eigenvalue weighted by Gasteiger charge is 2.65. The van der Waals surface area contributed by atoms with E-state index in [1.54, 1.807) is 12.3 Å². The first kappa shape index (κ1) is 21.8. The number of aliphatic hydroxyl groups excluding tert-OH is 1. The molecule has 0 spiro atoms. The van der Waals surface area contributed by atoms with Crippen molar-refractivity contribution in [3.8, 4) is 6.07 Å². The number of aromatic amines is 1. The monoisotopic (exact) mass is 456 g/mol. The summed E-state index contributed by atoms with van der Waals surface area (Å²) in [5, 5.41) is 35.1. The fourth-order valence-electron chi connectivity index (χ4n) is 7.83. The third-order valence-corrected chi connectivity index (χ3v) is 9.73. The van der Waals surface area contributed by atoms with Crippen LogP contribution in [-0.2, 0) is 0 Å². The summed E-state index contributed by atoms with van der Waals surface area (Å²) in [5.41, 5.74) is 1.15. The Morgan fingerprint density at radius 3 is 2.79 bits per heavy atom. The van der Waals surface area contributed by atoms with Gasteiger partial charge < -0.3 is 15.2 Å². The molecular weight excluding hydrogens is 424 g/mol. The van der Waals surface area contributed by atoms with Crippen molar-refractivity contribution < 1.29 is 10.2 Å². The van der Waals surface area contributed by atoms with Crippen LogP contribution in [0.25, 0.3) is 16.3 Å². The van der Waals surface area contributed by atoms with Crippen LogP contribution in [0.3, 0.4) is 0 Å². The molecule has 5 heteroatoms. The van der Waals surface area contributed by atoms with Gasteiger partial charge in [0.1, 0.15) is 5.41 Å². The lowest BCUT2D eigenvalue weighted by Gasteiger charge is -2.56. The molecule has 0 amide bonds. The first-order valence-electron chi connectivity index (χ1n) is 12.6. The number of fused-ring (bicyclic) bond motifs is 5. The van der Waals surface area contributed by atoms with Crippen molar-refractivity contribution in [1.82, 2.24) is 4.98 Å². The number of hydrogen-bond donors (Lipinski definition) is 3. The number of hydrogen-bond acceptors (Lipinski definition) is 4. The third-order valence-electron chi connectivity index (χ3n) is 9.73. The van der Waals surface area contributed by atoms with Gasteiger partial charge in [0, 0.05) is 18.2 Å². The topological polar surface area (TPSA) is 97.1 Å². The van der Waals surface area contributed by atoms with Crippen LogP contribution >= 0.6 is 0 Å². The van der Waals surface area contributed by atoms with E-state index in [-0.39, 0.29) is 23.0 Å². The molecule has 2 saturated carbocycles. The Bertz CT molecular complexity index is 1330. The van der Waals surface area contributed by atoms with Crippen LogP contribution in [0.15, 0.2) is 53.0 Å². The molecule has 0 saturated heterocycles. The minimum Gasteiger partial charge on any atom is -0.393 e. The molecule has 2 aromatic rings. The van der Waals surface area contributed by atoms with Gasteiger partial charge in [-0.15, -0.1) is 0 Å². The van der Waals surface area contributed by atoms with E-state index in [9.17, 15) is 20.3 Å². The van der Waals surface area contributed by atoms with Crippen molar-refractivity contribution in [3.05, 3.63) is 64.1 Å². The molecule has 1 aromatic heterocycles. The highest BCUT2D eigenvalue weighted by atomic mass is 16.3. The van der Waals surface area contributed by atoms with E-state index < -0.39 is 11.0 Å². The van der Waals surface area contributed by atoms with E-state index in [1.165, 1.54) is 11.1 Å². The molecule has 176 valence electrons. The maximum Gasteiger partial charge on any atom is 0.248 e. The van der Waals surface area contributed by atoms with Gasteiger partial charge in [0.05, 0.1) is 17.8 Å². The number of aliphatic hydroxyl groups is 2. The lowest BCUT2D eigenvalue weighted by atomic mass is 9.49. The summed E-state index contributed by atoms with van der Waals surface area (Å²) in [6, 6.07) is 10.5. The van der Waals surface area contributed by atoms with Crippen LogP contribution in [-0.4, -0.2) is 26.9 Å². The zero-order valence-corrected chi connectivity index (χ0v) is 19.7. The Balaban J connectivity index is 1.41. The van der Waals surface area contributed by atoms with Gasteiger partial charge in [-0.2, -0.15) is 5.26 Å². The number of rotatable bonds is 1. The number of aromatic nitrogens is 1. The molecule has 0 bridgehead atoms. The van der Waals surface area contributed by atoms with Crippen molar-refractivity contribution in [3.63, 3.8) is 0 Å². The van der Waals surface area contributed by atoms with Crippen LogP contribution in [0.4, 0.5) is 0 Å². The van der Waals surface area contributed by atoms with E-state index in [4.69, 9.17) is 0 Å². The fourth-order valence-corrected chi connectivity index (χ4v) is 7.83. The average molecular weight is 457 g/mol. The fraction of sp³-hybridized carbons (Fsp3) is 0.517. The zero-order valence-electron chi connectivity index (χ0n) is 19.7. The minimum atomic E-state index is -1.10. The van der Waals surface area contributed by atoms with Gasteiger partial charge in [0.25, 0.3) is 0 Å². The van der Waals surface area contributed by atoms with Crippen LogP contribution in [0.5, 0.6) is 0 Å². The molecule has 5 nitrogen and oxygen atoms in total. The SMILES string of the molecule is CC12CCC3(C#N)C=C4CC(O)CCC4CC[C@]3(O)C1CC=C2c1ccc2c[nH]c(=O)cc2c1. The van der Waals surface area contributed by atoms with Crippen LogP contribution in [0, 0.1) is 34.0 Å². The lowest BCUT2D eigenvalue weighted by molar-refractivity contribution is -0.143. The van der Waals surface area contributed by atoms with Crippen molar-refractivity contribution in [2.24, 2.45) is 22.7 Å². The van der Waals surface area contributed by atoms with E-state index in [1.807, 2.05) is 6.07 Å². The minimum absolute atomic E-state index is 0.0415. The number of nitrogens with one attached hydrogen (secondary N) is 1. The Labute approximate surface area is 199 Å². The number of nitriles is 1. The summed E-state index contributed by atoms with van der Waals surface area (Å²) in [6.45, 7) is 2.26. The van der Waals surface area contributed by atoms with Crippen LogP contribution < -0.4 is 5.56 Å². The molecule has 6 atom stereocenters. The molecule has 2 fully saturated rings. The second kappa shape index (κ2) is 7.41. The Kier molecular flexibility index (Phi) is 4.76. The number of benzene rings is 1. The summed E-state index contributed by atoms with van der Waals surface area (Å²) in [7, 11) is 0. The second-order valence-electron chi connectivity index (χ2n) is 11.4. The first-order valence-corrected chi connectivity index (χ1v) is 12.6. The maximum atomic E-state index is 12.4. The molecule has 0 radical (unpaired) electrons. The number of H-pyrrole nitrogens is 1. The number of pyridine rings is 1. The van der Waals surface area contributed by atoms with Crippen molar-refractivity contribution in [2.75, 3.05) is 0 Å². The number of allylic oxidation sites excluding steroid dienone is 2. The van der Waals surface area contributed by atoms with Crippen molar-refractivity contribution >= 4 is 16.3 Å². The predicted octanol–water partition coefficient (Wildman–Crippen LogP) is 4.85. The number of nitrogens with zero attached hydrogens (tertiary/aromatic N) is 1. The Hall–Kier alpha value is -2.68. The van der Waals surface area contributed by atoms with Gasteiger partial charge in [-0.05, 0) is 90.7 Å². The standard InChI is InChI=1S/C29H32N2O3/c1-27-10-11-28(17-30)15-22-13-23(32)5-4-18(22)8-9-29(28,34)25(27)7-6-24(27)19-2-3-20-16-31-26(33)14-21(20)12-19/h2-3,6,12,14-16,18,23,25,32,34H,4-5,7-11,13H2,1H3,(H,31,33)/t18?,23?,25?,27?,28?,29-/m0/s1. The van der Waals surface area contributed by atoms with Crippen molar-refractivity contribution in [2.45, 2.75) is 70.0 Å². The zero-order chi connectivity index (χ0) is 23.7. The smallest absolute Gasteiger partial charge is 0.248 e. The molecule has 6 rings (SSSR count). The van der Waals surface area contributed by atoms with E-state index in [0.29, 0.717) is 25.2 Å². The van der Waals surface area contributed by atoms with E-state index in [2.05, 4.69) is 42.3 Å². The van der Waals surface area contributed by atoms with Gasteiger partial charge in [-0.3, -0.25) is 4.79 Å². The molecule has 1 heterocycles. The summed E-state index contributed by atoms with van der Waals surface area (Å²) in [6.07, 6.45) is 11.8. The largest absolute Gasteiger partial charge is 0.393 e. The highest BCUT2D eigenvalue weighted by Crippen LogP contribution is 2.66. The quantitative estimate of drug-likeness (QED) is 0.534. The highest BCUT2D eigenvalue weighted by molar-refractivity contribution is 5.87. The maximum absolute atomic E-state index is 12.4. The predicted molar refractivity (Wildman–Crippen MR) is 132 cm³/mol. The van der Waals surface area contributed by atoms with Gasteiger partial charge >= 0.3 is 0 Å². The Morgan fingerprint density at radius 1 is 1.12 bits per heavy atom. The van der Waals surface area contributed by atoms with Gasteiger partial charge in [-0.25, -0.2) is 0 Å². The normalized spacial score (nSPS) is 39.2. The first-order chi connectivity index (χ1) is 16.3. The molecular formula is C29H32N2O3. The Morgan fingerprint density at radius 2 is 1.97 bits per heavy atom. The molecule has 4 aliphatic rings. The average Bonchev–Trinajstić information content (AvgIpc) is 3.12. The second-order valence-corrected chi connectivity index (χ2v) is 11.4. The molecule has 1 aromatic carbocycles. The van der Waals surface area contributed by atoms with Crippen LogP contribution in [0.1, 0.15) is 63.9 Å². The lowest BCUT2D eigenvalue weighted by Crippen LogP contribution is -2.59. The van der Waals surface area contributed by atoms with E-state index in [0.717, 1.165) is 48.4 Å². The van der Waals surface area contributed by atoms with Gasteiger partial charge in [0.2, 0.25) is 5.56 Å². The third kappa shape index (κ3) is 2.95.